The highest BCUT2D eigenvalue weighted by atomic mass is 32.1. The third-order valence-corrected chi connectivity index (χ3v) is 4.29. The van der Waals surface area contributed by atoms with E-state index < -0.39 is 5.63 Å². The molecule has 7 heteroatoms. The lowest BCUT2D eigenvalue weighted by Gasteiger charge is -2.04. The first kappa shape index (κ1) is 14.0. The number of carbonyl (C=O) groups is 1. The van der Waals surface area contributed by atoms with Gasteiger partial charge in [-0.1, -0.05) is 0 Å². The van der Waals surface area contributed by atoms with Gasteiger partial charge < -0.3 is 15.1 Å². The number of benzene rings is 1. The average Bonchev–Trinajstić information content (AvgIpc) is 3.22. The molecule has 23 heavy (non-hydrogen) atoms. The van der Waals surface area contributed by atoms with Crippen molar-refractivity contribution in [3.05, 3.63) is 51.8 Å². The molecule has 0 unspecified atom stereocenters. The van der Waals surface area contributed by atoms with Crippen LogP contribution in [0.1, 0.15) is 23.3 Å². The van der Waals surface area contributed by atoms with Gasteiger partial charge in [-0.2, -0.15) is 0 Å². The Balaban J connectivity index is 1.52. The van der Waals surface area contributed by atoms with E-state index in [2.05, 4.69) is 15.6 Å². The maximum Gasteiger partial charge on any atom is 0.336 e. The molecule has 3 aromatic rings. The fraction of sp³-hybridized carbons (Fsp3) is 0.188. The van der Waals surface area contributed by atoms with Gasteiger partial charge in [0.2, 0.25) is 0 Å². The molecule has 116 valence electrons. The monoisotopic (exact) mass is 327 g/mol. The van der Waals surface area contributed by atoms with Crippen LogP contribution in [-0.4, -0.2) is 16.9 Å². The Labute approximate surface area is 135 Å². The van der Waals surface area contributed by atoms with Crippen molar-refractivity contribution in [3.63, 3.8) is 0 Å². The largest absolute Gasteiger partial charge is 0.423 e. The number of nitrogens with zero attached hydrogens (tertiary/aromatic N) is 1. The first-order valence-electron chi connectivity index (χ1n) is 7.25. The van der Waals surface area contributed by atoms with Gasteiger partial charge in [-0.3, -0.25) is 4.79 Å². The van der Waals surface area contributed by atoms with Gasteiger partial charge in [0.25, 0.3) is 5.91 Å². The van der Waals surface area contributed by atoms with Crippen LogP contribution in [0.25, 0.3) is 11.0 Å². The topological polar surface area (TPSA) is 84.2 Å². The Morgan fingerprint density at radius 1 is 1.26 bits per heavy atom. The minimum atomic E-state index is -0.396. The molecule has 1 aliphatic carbocycles. The summed E-state index contributed by atoms with van der Waals surface area (Å²) in [6.45, 7) is 0. The number of aromatic nitrogens is 1. The van der Waals surface area contributed by atoms with Gasteiger partial charge in [0.05, 0.1) is 0 Å². The number of nitrogens with one attached hydrogen (secondary N) is 2. The minimum absolute atomic E-state index is 0.262. The molecule has 2 aromatic heterocycles. The third-order valence-electron chi connectivity index (χ3n) is 3.52. The summed E-state index contributed by atoms with van der Waals surface area (Å²) in [5.41, 5.74) is 1.10. The summed E-state index contributed by atoms with van der Waals surface area (Å²) in [6.07, 6.45) is 2.32. The van der Waals surface area contributed by atoms with Crippen molar-refractivity contribution in [3.8, 4) is 0 Å². The first-order chi connectivity index (χ1) is 11.2. The van der Waals surface area contributed by atoms with E-state index in [4.69, 9.17) is 4.42 Å². The molecule has 0 aliphatic heterocycles. The van der Waals surface area contributed by atoms with E-state index in [-0.39, 0.29) is 5.91 Å². The van der Waals surface area contributed by atoms with Crippen LogP contribution in [0.15, 0.2) is 44.9 Å². The second-order valence-electron chi connectivity index (χ2n) is 5.42. The number of anilines is 2. The number of rotatable bonds is 4. The predicted octanol–water partition coefficient (Wildman–Crippen LogP) is 3.08. The zero-order valence-corrected chi connectivity index (χ0v) is 12.9. The Morgan fingerprint density at radius 2 is 2.13 bits per heavy atom. The molecule has 2 heterocycles. The molecule has 1 aliphatic rings. The number of carbonyl (C=O) groups excluding carboxylic acids is 1. The zero-order valence-electron chi connectivity index (χ0n) is 12.0. The molecule has 1 aromatic carbocycles. The Morgan fingerprint density at radius 3 is 2.96 bits per heavy atom. The van der Waals surface area contributed by atoms with Crippen LogP contribution in [0.5, 0.6) is 0 Å². The van der Waals surface area contributed by atoms with Crippen LogP contribution in [-0.2, 0) is 0 Å². The van der Waals surface area contributed by atoms with Crippen LogP contribution in [0.4, 0.5) is 10.8 Å². The van der Waals surface area contributed by atoms with Crippen molar-refractivity contribution >= 4 is 39.0 Å². The van der Waals surface area contributed by atoms with Crippen molar-refractivity contribution < 1.29 is 9.21 Å². The first-order valence-corrected chi connectivity index (χ1v) is 8.13. The number of thiazole rings is 1. The normalized spacial score (nSPS) is 13.9. The van der Waals surface area contributed by atoms with Crippen LogP contribution >= 0.6 is 11.3 Å². The Kier molecular flexibility index (Phi) is 3.34. The van der Waals surface area contributed by atoms with Crippen molar-refractivity contribution in [1.82, 2.24) is 4.98 Å². The fourth-order valence-electron chi connectivity index (χ4n) is 2.19. The van der Waals surface area contributed by atoms with E-state index in [1.165, 1.54) is 17.4 Å². The molecular weight excluding hydrogens is 314 g/mol. The van der Waals surface area contributed by atoms with Gasteiger partial charge in [-0.25, -0.2) is 9.78 Å². The molecule has 1 fully saturated rings. The van der Waals surface area contributed by atoms with E-state index in [1.807, 2.05) is 0 Å². The minimum Gasteiger partial charge on any atom is -0.423 e. The number of fused-ring (bicyclic) bond motifs is 1. The second-order valence-corrected chi connectivity index (χ2v) is 6.28. The van der Waals surface area contributed by atoms with Crippen LogP contribution in [0, 0.1) is 0 Å². The molecule has 0 spiro atoms. The lowest BCUT2D eigenvalue weighted by molar-refractivity contribution is 0.102. The maximum absolute atomic E-state index is 12.3. The van der Waals surface area contributed by atoms with Crippen molar-refractivity contribution in [2.75, 3.05) is 10.6 Å². The van der Waals surface area contributed by atoms with E-state index in [0.717, 1.165) is 23.4 Å². The maximum atomic E-state index is 12.3. The number of amides is 1. The predicted molar refractivity (Wildman–Crippen MR) is 89.2 cm³/mol. The van der Waals surface area contributed by atoms with Crippen molar-refractivity contribution in [2.45, 2.75) is 18.9 Å². The molecule has 1 amide bonds. The molecule has 6 nitrogen and oxygen atoms in total. The molecule has 4 rings (SSSR count). The highest BCUT2D eigenvalue weighted by molar-refractivity contribution is 7.13. The summed E-state index contributed by atoms with van der Waals surface area (Å²) < 4.78 is 5.07. The van der Waals surface area contributed by atoms with Crippen LogP contribution in [0.3, 0.4) is 0 Å². The third kappa shape index (κ3) is 3.09. The number of hydrogen-bond donors (Lipinski definition) is 2. The summed E-state index contributed by atoms with van der Waals surface area (Å²) in [6, 6.07) is 8.63. The Bertz CT molecular complexity index is 943. The van der Waals surface area contributed by atoms with E-state index in [1.54, 1.807) is 29.6 Å². The average molecular weight is 327 g/mol. The quantitative estimate of drug-likeness (QED) is 0.719. The standard InChI is InChI=1S/C16H13N3O3S/c20-14-6-1-9-7-11(4-5-13(9)22-14)17-15(21)12-8-23-16(19-12)18-10-2-3-10/h1,4-8,10H,2-3H2,(H,17,21)(H,18,19). The molecular formula is C16H13N3O3S. The summed E-state index contributed by atoms with van der Waals surface area (Å²) >= 11 is 1.43. The van der Waals surface area contributed by atoms with E-state index in [0.29, 0.717) is 23.0 Å². The number of hydrogen-bond acceptors (Lipinski definition) is 6. The van der Waals surface area contributed by atoms with Gasteiger partial charge in [-0.15, -0.1) is 11.3 Å². The highest BCUT2D eigenvalue weighted by Gasteiger charge is 2.22. The van der Waals surface area contributed by atoms with Gasteiger partial charge in [0, 0.05) is 28.6 Å². The lowest BCUT2D eigenvalue weighted by Crippen LogP contribution is -2.12. The van der Waals surface area contributed by atoms with Gasteiger partial charge in [0.1, 0.15) is 11.3 Å². The Hall–Kier alpha value is -2.67. The zero-order chi connectivity index (χ0) is 15.8. The van der Waals surface area contributed by atoms with Crippen molar-refractivity contribution in [1.29, 1.82) is 0 Å². The SMILES string of the molecule is O=C(Nc1ccc2oc(=O)ccc2c1)c1csc(NC2CC2)n1. The van der Waals surface area contributed by atoms with Gasteiger partial charge >= 0.3 is 5.63 Å². The van der Waals surface area contributed by atoms with Crippen LogP contribution < -0.4 is 16.3 Å². The highest BCUT2D eigenvalue weighted by Crippen LogP contribution is 2.27. The summed E-state index contributed by atoms with van der Waals surface area (Å²) in [7, 11) is 0. The molecule has 0 bridgehead atoms. The van der Waals surface area contributed by atoms with Crippen LogP contribution in [0.2, 0.25) is 0 Å². The summed E-state index contributed by atoms with van der Waals surface area (Å²) in [5, 5.41) is 9.33. The second kappa shape index (κ2) is 5.51. The molecule has 2 N–H and O–H groups in total. The van der Waals surface area contributed by atoms with E-state index in [9.17, 15) is 9.59 Å². The molecule has 1 saturated carbocycles. The lowest BCUT2D eigenvalue weighted by atomic mass is 10.2. The molecule has 0 radical (unpaired) electrons. The van der Waals surface area contributed by atoms with Gasteiger partial charge in [-0.05, 0) is 37.1 Å². The summed E-state index contributed by atoms with van der Waals surface area (Å²) in [5.74, 6) is -0.262. The van der Waals surface area contributed by atoms with Gasteiger partial charge in [0.15, 0.2) is 5.13 Å². The molecule has 0 atom stereocenters. The van der Waals surface area contributed by atoms with Crippen molar-refractivity contribution in [2.24, 2.45) is 0 Å². The fourth-order valence-corrected chi connectivity index (χ4v) is 2.96. The van der Waals surface area contributed by atoms with E-state index >= 15 is 0 Å². The summed E-state index contributed by atoms with van der Waals surface area (Å²) in [4.78, 5) is 27.7. The molecule has 0 saturated heterocycles. The smallest absolute Gasteiger partial charge is 0.336 e.